The molecule has 1 aliphatic heterocycles. The third kappa shape index (κ3) is 4.58. The first kappa shape index (κ1) is 15.0. The molecule has 2 N–H and O–H groups in total. The zero-order valence-electron chi connectivity index (χ0n) is 11.7. The topological polar surface area (TPSA) is 66.4 Å². The van der Waals surface area contributed by atoms with E-state index in [1.807, 2.05) is 24.4 Å². The van der Waals surface area contributed by atoms with Crippen molar-refractivity contribution in [2.24, 2.45) is 0 Å². The number of phenolic OH excluding ortho intramolecular Hbond substituents is 1. The molecule has 0 unspecified atom stereocenters. The minimum absolute atomic E-state index is 0.165. The van der Waals surface area contributed by atoms with E-state index in [9.17, 15) is 14.7 Å². The van der Waals surface area contributed by atoms with Gasteiger partial charge in [0, 0.05) is 12.2 Å². The van der Waals surface area contributed by atoms with Crippen molar-refractivity contribution in [3.05, 3.63) is 41.5 Å². The molecule has 0 saturated carbocycles. The number of amides is 2. The first-order chi connectivity index (χ1) is 8.70. The van der Waals surface area contributed by atoms with Crippen molar-refractivity contribution in [3.63, 3.8) is 0 Å². The summed E-state index contributed by atoms with van der Waals surface area (Å²) in [4.78, 5) is 20.1. The zero-order chi connectivity index (χ0) is 14.6. The summed E-state index contributed by atoms with van der Waals surface area (Å²) in [6, 6.07) is 5.77. The highest BCUT2D eigenvalue weighted by molar-refractivity contribution is 6.12. The number of carbonyl (C=O) groups is 2. The summed E-state index contributed by atoms with van der Waals surface area (Å²) < 4.78 is 0. The summed E-state index contributed by atoms with van der Waals surface area (Å²) in [5, 5.41) is 11.3. The van der Waals surface area contributed by atoms with Gasteiger partial charge >= 0.3 is 0 Å². The highest BCUT2D eigenvalue weighted by Gasteiger charge is 2.13. The van der Waals surface area contributed by atoms with Crippen molar-refractivity contribution in [1.29, 1.82) is 0 Å². The Bertz CT molecular complexity index is 509. The van der Waals surface area contributed by atoms with E-state index < -0.39 is 0 Å². The fraction of sp³-hybridized carbons (Fsp3) is 0.333. The first-order valence-electron chi connectivity index (χ1n) is 6.03. The van der Waals surface area contributed by atoms with Crippen LogP contribution in [0.15, 0.2) is 30.4 Å². The maximum atomic E-state index is 10.0. The molecule has 4 nitrogen and oxygen atoms in total. The minimum atomic E-state index is -0.329. The van der Waals surface area contributed by atoms with E-state index >= 15 is 0 Å². The van der Waals surface area contributed by atoms with Gasteiger partial charge in [-0.05, 0) is 29.5 Å². The molecular weight excluding hydrogens is 242 g/mol. The third-order valence-electron chi connectivity index (χ3n) is 2.70. The molecule has 0 spiro atoms. The number of rotatable bonds is 0. The SMILES string of the molecule is Cc1cc(C(C)(C)C)ccc1O.O=C1C=CC(=O)N1. The lowest BCUT2D eigenvalue weighted by Crippen LogP contribution is -2.19. The van der Waals surface area contributed by atoms with Gasteiger partial charge in [0.1, 0.15) is 5.75 Å². The standard InChI is InChI=1S/C11H16O.C4H3NO2/c1-8-7-9(11(2,3)4)5-6-10(8)12;6-3-1-2-4(7)5-3/h5-7,12H,1-4H3;1-2H,(H,5,6,7). The number of hydrogen-bond acceptors (Lipinski definition) is 3. The molecule has 0 bridgehead atoms. The van der Waals surface area contributed by atoms with Gasteiger partial charge in [-0.2, -0.15) is 0 Å². The molecule has 19 heavy (non-hydrogen) atoms. The van der Waals surface area contributed by atoms with Crippen LogP contribution in [-0.4, -0.2) is 16.9 Å². The molecule has 4 heteroatoms. The highest BCUT2D eigenvalue weighted by Crippen LogP contribution is 2.26. The number of aryl methyl sites for hydroxylation is 1. The Hall–Kier alpha value is -2.10. The summed E-state index contributed by atoms with van der Waals surface area (Å²) >= 11 is 0. The predicted molar refractivity (Wildman–Crippen MR) is 73.8 cm³/mol. The van der Waals surface area contributed by atoms with E-state index in [4.69, 9.17) is 0 Å². The van der Waals surface area contributed by atoms with Crippen LogP contribution < -0.4 is 5.32 Å². The second-order valence-electron chi connectivity index (χ2n) is 5.44. The Kier molecular flexibility index (Phi) is 4.48. The van der Waals surface area contributed by atoms with E-state index in [1.54, 1.807) is 6.07 Å². The normalized spacial score (nSPS) is 13.9. The van der Waals surface area contributed by atoms with Crippen LogP contribution in [0.3, 0.4) is 0 Å². The Labute approximate surface area is 113 Å². The predicted octanol–water partition coefficient (Wildman–Crippen LogP) is 2.20. The number of nitrogens with one attached hydrogen (secondary N) is 1. The second-order valence-corrected chi connectivity index (χ2v) is 5.44. The maximum absolute atomic E-state index is 10.0. The lowest BCUT2D eigenvalue weighted by atomic mass is 9.86. The van der Waals surface area contributed by atoms with Crippen LogP contribution >= 0.6 is 0 Å². The van der Waals surface area contributed by atoms with Crippen molar-refractivity contribution in [1.82, 2.24) is 5.32 Å². The molecule has 1 aromatic carbocycles. The maximum Gasteiger partial charge on any atom is 0.250 e. The average Bonchev–Trinajstić information content (AvgIpc) is 2.66. The smallest absolute Gasteiger partial charge is 0.250 e. The lowest BCUT2D eigenvalue weighted by Gasteiger charge is -2.19. The fourth-order valence-corrected chi connectivity index (χ4v) is 1.48. The number of benzene rings is 1. The summed E-state index contributed by atoms with van der Waals surface area (Å²) in [5.41, 5.74) is 2.37. The van der Waals surface area contributed by atoms with Gasteiger partial charge in [-0.3, -0.25) is 14.9 Å². The largest absolute Gasteiger partial charge is 0.508 e. The molecule has 2 amide bonds. The molecule has 0 aromatic heterocycles. The molecule has 0 saturated heterocycles. The van der Waals surface area contributed by atoms with E-state index in [-0.39, 0.29) is 17.2 Å². The number of aromatic hydroxyl groups is 1. The first-order valence-corrected chi connectivity index (χ1v) is 6.03. The molecule has 102 valence electrons. The molecule has 0 radical (unpaired) electrons. The minimum Gasteiger partial charge on any atom is -0.508 e. The van der Waals surface area contributed by atoms with Crippen LogP contribution in [0, 0.1) is 6.92 Å². The second kappa shape index (κ2) is 5.69. The Morgan fingerprint density at radius 1 is 1.05 bits per heavy atom. The molecule has 0 fully saturated rings. The Balaban J connectivity index is 0.000000218. The van der Waals surface area contributed by atoms with Crippen LogP contribution in [0.2, 0.25) is 0 Å². The van der Waals surface area contributed by atoms with E-state index in [0.717, 1.165) is 5.56 Å². The lowest BCUT2D eigenvalue weighted by molar-refractivity contribution is -0.123. The molecule has 0 aliphatic carbocycles. The fourth-order valence-electron chi connectivity index (χ4n) is 1.48. The Morgan fingerprint density at radius 3 is 1.89 bits per heavy atom. The molecule has 1 aromatic rings. The summed E-state index contributed by atoms with van der Waals surface area (Å²) in [7, 11) is 0. The third-order valence-corrected chi connectivity index (χ3v) is 2.70. The summed E-state index contributed by atoms with van der Waals surface area (Å²) in [5.74, 6) is -0.280. The molecule has 0 atom stereocenters. The quantitative estimate of drug-likeness (QED) is 0.704. The van der Waals surface area contributed by atoms with Gasteiger partial charge in [0.15, 0.2) is 0 Å². The van der Waals surface area contributed by atoms with Crippen LogP contribution in [0.25, 0.3) is 0 Å². The van der Waals surface area contributed by atoms with Gasteiger partial charge in [0.2, 0.25) is 0 Å². The van der Waals surface area contributed by atoms with Crippen molar-refractivity contribution in [3.8, 4) is 5.75 Å². The van der Waals surface area contributed by atoms with Crippen molar-refractivity contribution >= 4 is 11.8 Å². The number of hydrogen-bond donors (Lipinski definition) is 2. The number of phenols is 1. The van der Waals surface area contributed by atoms with Gasteiger partial charge in [0.25, 0.3) is 11.8 Å². The van der Waals surface area contributed by atoms with Crippen molar-refractivity contribution in [2.45, 2.75) is 33.1 Å². The van der Waals surface area contributed by atoms with Gasteiger partial charge in [-0.25, -0.2) is 0 Å². The monoisotopic (exact) mass is 261 g/mol. The van der Waals surface area contributed by atoms with Crippen LogP contribution in [0.5, 0.6) is 5.75 Å². The van der Waals surface area contributed by atoms with Crippen molar-refractivity contribution in [2.75, 3.05) is 0 Å². The Morgan fingerprint density at radius 2 is 1.58 bits per heavy atom. The van der Waals surface area contributed by atoms with Crippen LogP contribution in [0.1, 0.15) is 31.9 Å². The summed E-state index contributed by atoms with van der Waals surface area (Å²) in [6.07, 6.45) is 2.39. The van der Waals surface area contributed by atoms with Gasteiger partial charge < -0.3 is 5.11 Å². The number of carbonyl (C=O) groups excluding carboxylic acids is 2. The van der Waals surface area contributed by atoms with E-state index in [2.05, 4.69) is 20.8 Å². The van der Waals surface area contributed by atoms with Gasteiger partial charge in [0.05, 0.1) is 0 Å². The number of imide groups is 1. The van der Waals surface area contributed by atoms with Crippen LogP contribution in [0.4, 0.5) is 0 Å². The molecule has 2 rings (SSSR count). The van der Waals surface area contributed by atoms with Gasteiger partial charge in [-0.15, -0.1) is 0 Å². The van der Waals surface area contributed by atoms with Crippen LogP contribution in [-0.2, 0) is 15.0 Å². The van der Waals surface area contributed by atoms with Gasteiger partial charge in [-0.1, -0.05) is 32.9 Å². The van der Waals surface area contributed by atoms with E-state index in [0.29, 0.717) is 5.75 Å². The highest BCUT2D eigenvalue weighted by atomic mass is 16.3. The average molecular weight is 261 g/mol. The molecule has 1 heterocycles. The zero-order valence-corrected chi connectivity index (χ0v) is 11.7. The summed E-state index contributed by atoms with van der Waals surface area (Å²) in [6.45, 7) is 8.42. The molecular formula is C15H19NO3. The molecule has 1 aliphatic rings. The van der Waals surface area contributed by atoms with E-state index in [1.165, 1.54) is 17.7 Å². The van der Waals surface area contributed by atoms with Crippen molar-refractivity contribution < 1.29 is 14.7 Å².